The molecule has 2 heteroatoms. The summed E-state index contributed by atoms with van der Waals surface area (Å²) in [6.07, 6.45) is 1.47. The lowest BCUT2D eigenvalue weighted by Crippen LogP contribution is -2.27. The smallest absolute Gasteiger partial charge is 0.135 e. The Balaban J connectivity index is 0.000000291. The van der Waals surface area contributed by atoms with Gasteiger partial charge < -0.3 is 5.32 Å². The van der Waals surface area contributed by atoms with E-state index in [9.17, 15) is 4.79 Å². The zero-order chi connectivity index (χ0) is 7.11. The molecular formula is C7H15NO. The second-order valence-corrected chi connectivity index (χ2v) is 1.79. The molecule has 0 aromatic heterocycles. The van der Waals surface area contributed by atoms with Crippen molar-refractivity contribution in [2.45, 2.75) is 26.7 Å². The highest BCUT2D eigenvalue weighted by Crippen LogP contribution is 1.91. The summed E-state index contributed by atoms with van der Waals surface area (Å²) < 4.78 is 0. The summed E-state index contributed by atoms with van der Waals surface area (Å²) in [6, 6.07) is 0. The van der Waals surface area contributed by atoms with Gasteiger partial charge in [-0.25, -0.2) is 0 Å². The third kappa shape index (κ3) is 4.15. The molecule has 1 aliphatic heterocycles. The Hall–Kier alpha value is -0.370. The summed E-state index contributed by atoms with van der Waals surface area (Å²) in [7, 11) is 0. The Morgan fingerprint density at radius 2 is 1.67 bits per heavy atom. The second-order valence-electron chi connectivity index (χ2n) is 1.79. The Labute approximate surface area is 56.6 Å². The van der Waals surface area contributed by atoms with E-state index in [2.05, 4.69) is 5.32 Å². The molecule has 0 spiro atoms. The van der Waals surface area contributed by atoms with Crippen molar-refractivity contribution in [3.05, 3.63) is 0 Å². The number of Topliss-reactive ketones (excluding diaryl/α,β-unsaturated/α-hetero) is 1. The lowest BCUT2D eigenvalue weighted by molar-refractivity contribution is -0.119. The molecule has 9 heavy (non-hydrogen) atoms. The summed E-state index contributed by atoms with van der Waals surface area (Å²) in [5.41, 5.74) is 0. The first-order valence-corrected chi connectivity index (χ1v) is 3.62. The van der Waals surface area contributed by atoms with Crippen LogP contribution >= 0.6 is 0 Å². The molecule has 0 saturated carbocycles. The number of carbonyl (C=O) groups excluding carboxylic acids is 1. The first-order valence-electron chi connectivity index (χ1n) is 3.62. The SMILES string of the molecule is CC.O=C1CCNCC1. The van der Waals surface area contributed by atoms with Crippen LogP contribution in [0.4, 0.5) is 0 Å². The Morgan fingerprint density at radius 1 is 1.22 bits per heavy atom. The highest BCUT2D eigenvalue weighted by atomic mass is 16.1. The minimum absolute atomic E-state index is 0.402. The normalized spacial score (nSPS) is 18.2. The maximum absolute atomic E-state index is 10.4. The highest BCUT2D eigenvalue weighted by Gasteiger charge is 2.04. The van der Waals surface area contributed by atoms with Gasteiger partial charge in [0.05, 0.1) is 0 Å². The maximum Gasteiger partial charge on any atom is 0.135 e. The second kappa shape index (κ2) is 5.76. The summed E-state index contributed by atoms with van der Waals surface area (Å²) in [4.78, 5) is 10.4. The van der Waals surface area contributed by atoms with E-state index in [4.69, 9.17) is 0 Å². The van der Waals surface area contributed by atoms with Gasteiger partial charge in [-0.3, -0.25) is 4.79 Å². The van der Waals surface area contributed by atoms with E-state index in [0.717, 1.165) is 25.9 Å². The van der Waals surface area contributed by atoms with Crippen molar-refractivity contribution in [3.8, 4) is 0 Å². The average Bonchev–Trinajstić information content (AvgIpc) is 1.94. The monoisotopic (exact) mass is 129 g/mol. The van der Waals surface area contributed by atoms with Crippen LogP contribution in [0.2, 0.25) is 0 Å². The number of hydrogen-bond acceptors (Lipinski definition) is 2. The minimum Gasteiger partial charge on any atom is -0.316 e. The molecule has 0 atom stereocenters. The molecule has 0 aromatic carbocycles. The fourth-order valence-corrected chi connectivity index (χ4v) is 0.706. The van der Waals surface area contributed by atoms with Crippen LogP contribution in [-0.2, 0) is 4.79 Å². The van der Waals surface area contributed by atoms with Gasteiger partial charge in [-0.05, 0) is 0 Å². The Morgan fingerprint density at radius 3 is 1.89 bits per heavy atom. The number of piperidine rings is 1. The van der Waals surface area contributed by atoms with Crippen LogP contribution in [0.1, 0.15) is 26.7 Å². The molecule has 1 rings (SSSR count). The van der Waals surface area contributed by atoms with Gasteiger partial charge in [-0.15, -0.1) is 0 Å². The molecular weight excluding hydrogens is 114 g/mol. The summed E-state index contributed by atoms with van der Waals surface area (Å²) in [5.74, 6) is 0.402. The number of nitrogens with one attached hydrogen (secondary N) is 1. The molecule has 0 aliphatic carbocycles. The molecule has 0 aromatic rings. The highest BCUT2D eigenvalue weighted by molar-refractivity contribution is 5.79. The zero-order valence-corrected chi connectivity index (χ0v) is 6.24. The van der Waals surface area contributed by atoms with Crippen molar-refractivity contribution >= 4 is 5.78 Å². The third-order valence-corrected chi connectivity index (χ3v) is 1.16. The van der Waals surface area contributed by atoms with E-state index in [-0.39, 0.29) is 0 Å². The van der Waals surface area contributed by atoms with Gasteiger partial charge in [0, 0.05) is 25.9 Å². The van der Waals surface area contributed by atoms with E-state index in [1.165, 1.54) is 0 Å². The van der Waals surface area contributed by atoms with Crippen molar-refractivity contribution in [1.29, 1.82) is 0 Å². The van der Waals surface area contributed by atoms with Crippen LogP contribution < -0.4 is 5.32 Å². The van der Waals surface area contributed by atoms with Crippen LogP contribution in [0.5, 0.6) is 0 Å². The van der Waals surface area contributed by atoms with Crippen molar-refractivity contribution in [2.24, 2.45) is 0 Å². The zero-order valence-electron chi connectivity index (χ0n) is 6.24. The van der Waals surface area contributed by atoms with Crippen LogP contribution in [0, 0.1) is 0 Å². The van der Waals surface area contributed by atoms with Crippen LogP contribution in [0.25, 0.3) is 0 Å². The fraction of sp³-hybridized carbons (Fsp3) is 0.857. The average molecular weight is 129 g/mol. The first kappa shape index (κ1) is 8.63. The molecule has 1 aliphatic rings. The van der Waals surface area contributed by atoms with Gasteiger partial charge in [0.1, 0.15) is 5.78 Å². The topological polar surface area (TPSA) is 29.1 Å². The lowest BCUT2D eigenvalue weighted by atomic mass is 10.1. The molecule has 1 heterocycles. The molecule has 0 radical (unpaired) electrons. The van der Waals surface area contributed by atoms with Gasteiger partial charge in [0.15, 0.2) is 0 Å². The molecule has 2 nitrogen and oxygen atoms in total. The Bertz CT molecular complexity index is 73.0. The van der Waals surface area contributed by atoms with Gasteiger partial charge in [-0.2, -0.15) is 0 Å². The van der Waals surface area contributed by atoms with Crippen molar-refractivity contribution in [1.82, 2.24) is 5.32 Å². The molecule has 54 valence electrons. The van der Waals surface area contributed by atoms with Crippen LogP contribution in [0.3, 0.4) is 0 Å². The number of rotatable bonds is 0. The minimum atomic E-state index is 0.402. The van der Waals surface area contributed by atoms with E-state index in [1.54, 1.807) is 0 Å². The maximum atomic E-state index is 10.4. The van der Waals surface area contributed by atoms with E-state index < -0.39 is 0 Å². The summed E-state index contributed by atoms with van der Waals surface area (Å²) in [6.45, 7) is 5.78. The predicted octanol–water partition coefficient (Wildman–Crippen LogP) is 0.965. The van der Waals surface area contributed by atoms with Gasteiger partial charge in [-0.1, -0.05) is 13.8 Å². The number of ketones is 1. The van der Waals surface area contributed by atoms with Crippen LogP contribution in [0.15, 0.2) is 0 Å². The first-order chi connectivity index (χ1) is 4.39. The fourth-order valence-electron chi connectivity index (χ4n) is 0.706. The molecule has 1 saturated heterocycles. The van der Waals surface area contributed by atoms with Crippen molar-refractivity contribution in [3.63, 3.8) is 0 Å². The largest absolute Gasteiger partial charge is 0.316 e. The third-order valence-electron chi connectivity index (χ3n) is 1.16. The molecule has 1 fully saturated rings. The van der Waals surface area contributed by atoms with Gasteiger partial charge in [0.2, 0.25) is 0 Å². The van der Waals surface area contributed by atoms with E-state index in [0.29, 0.717) is 5.78 Å². The quantitative estimate of drug-likeness (QED) is 0.528. The predicted molar refractivity (Wildman–Crippen MR) is 38.5 cm³/mol. The van der Waals surface area contributed by atoms with Gasteiger partial charge >= 0.3 is 0 Å². The Kier molecular flexibility index (Phi) is 5.52. The van der Waals surface area contributed by atoms with Gasteiger partial charge in [0.25, 0.3) is 0 Å². The summed E-state index contributed by atoms with van der Waals surface area (Å²) >= 11 is 0. The van der Waals surface area contributed by atoms with Crippen LogP contribution in [-0.4, -0.2) is 18.9 Å². The van der Waals surface area contributed by atoms with E-state index in [1.807, 2.05) is 13.8 Å². The standard InChI is InChI=1S/C5H9NO.C2H6/c7-5-1-3-6-4-2-5;1-2/h6H,1-4H2;1-2H3. The van der Waals surface area contributed by atoms with Crippen molar-refractivity contribution < 1.29 is 4.79 Å². The summed E-state index contributed by atoms with van der Waals surface area (Å²) in [5, 5.41) is 3.09. The van der Waals surface area contributed by atoms with Crippen molar-refractivity contribution in [2.75, 3.05) is 13.1 Å². The molecule has 0 bridgehead atoms. The molecule has 1 N–H and O–H groups in total. The van der Waals surface area contributed by atoms with E-state index >= 15 is 0 Å². The number of hydrogen-bond donors (Lipinski definition) is 1. The molecule has 0 unspecified atom stereocenters. The lowest BCUT2D eigenvalue weighted by Gasteiger charge is -2.08. The molecule has 0 amide bonds. The number of carbonyl (C=O) groups is 1.